The molecule has 1 aromatic carbocycles. The number of hydrogen-bond acceptors (Lipinski definition) is 3. The van der Waals surface area contributed by atoms with Crippen molar-refractivity contribution in [2.75, 3.05) is 6.54 Å². The lowest BCUT2D eigenvalue weighted by atomic mass is 9.81. The van der Waals surface area contributed by atoms with E-state index in [0.717, 1.165) is 19.1 Å². The molecule has 4 heteroatoms. The van der Waals surface area contributed by atoms with E-state index in [0.29, 0.717) is 18.0 Å². The van der Waals surface area contributed by atoms with Gasteiger partial charge in [-0.15, -0.1) is 0 Å². The standard InChI is InChI=1S/C26H41NO3/c1-2-3-4-5-6-7-8-12-20-27-26(19-21-28,25(29)30)24-17-15-23(16-18-24)22-13-10-9-11-14-22/h15-18,21-22,27H,2-14,19-20H2,1H3,(H,29,30). The number of aldehydes is 1. The summed E-state index contributed by atoms with van der Waals surface area (Å²) in [6.07, 6.45) is 16.6. The molecule has 0 amide bonds. The third kappa shape index (κ3) is 7.23. The van der Waals surface area contributed by atoms with Gasteiger partial charge in [0, 0.05) is 6.42 Å². The highest BCUT2D eigenvalue weighted by molar-refractivity contribution is 5.84. The molecule has 1 unspecified atom stereocenters. The first kappa shape index (κ1) is 24.6. The van der Waals surface area contributed by atoms with Gasteiger partial charge in [-0.25, -0.2) is 4.79 Å². The van der Waals surface area contributed by atoms with Crippen LogP contribution in [0.5, 0.6) is 0 Å². The van der Waals surface area contributed by atoms with Crippen molar-refractivity contribution in [1.29, 1.82) is 0 Å². The third-order valence-corrected chi connectivity index (χ3v) is 6.69. The van der Waals surface area contributed by atoms with Gasteiger partial charge >= 0.3 is 5.97 Å². The Morgan fingerprint density at radius 1 is 1.00 bits per heavy atom. The Labute approximate surface area is 182 Å². The molecule has 2 rings (SSSR count). The summed E-state index contributed by atoms with van der Waals surface area (Å²) in [5, 5.41) is 13.3. The van der Waals surface area contributed by atoms with Crippen LogP contribution < -0.4 is 5.32 Å². The van der Waals surface area contributed by atoms with Crippen LogP contribution in [0.25, 0.3) is 0 Å². The van der Waals surface area contributed by atoms with E-state index in [4.69, 9.17) is 0 Å². The fourth-order valence-corrected chi connectivity index (χ4v) is 4.74. The van der Waals surface area contributed by atoms with Gasteiger partial charge in [0.1, 0.15) is 11.8 Å². The van der Waals surface area contributed by atoms with Crippen molar-refractivity contribution in [2.24, 2.45) is 0 Å². The second-order valence-corrected chi connectivity index (χ2v) is 8.94. The van der Waals surface area contributed by atoms with Crippen LogP contribution in [0.2, 0.25) is 0 Å². The number of carboxylic acids is 1. The predicted molar refractivity (Wildman–Crippen MR) is 123 cm³/mol. The van der Waals surface area contributed by atoms with Gasteiger partial charge in [-0.3, -0.25) is 5.32 Å². The van der Waals surface area contributed by atoms with Crippen molar-refractivity contribution < 1.29 is 14.7 Å². The van der Waals surface area contributed by atoms with Gasteiger partial charge < -0.3 is 9.90 Å². The Kier molecular flexibility index (Phi) is 11.1. The highest BCUT2D eigenvalue weighted by atomic mass is 16.4. The van der Waals surface area contributed by atoms with Crippen molar-refractivity contribution >= 4 is 12.3 Å². The topological polar surface area (TPSA) is 66.4 Å². The average molecular weight is 416 g/mol. The molecule has 0 saturated heterocycles. The van der Waals surface area contributed by atoms with E-state index in [1.165, 1.54) is 76.2 Å². The molecule has 168 valence electrons. The van der Waals surface area contributed by atoms with Crippen molar-refractivity contribution in [2.45, 2.75) is 108 Å². The summed E-state index contributed by atoms with van der Waals surface area (Å²) < 4.78 is 0. The molecule has 0 aliphatic heterocycles. The van der Waals surface area contributed by atoms with E-state index in [1.807, 2.05) is 12.1 Å². The summed E-state index contributed by atoms with van der Waals surface area (Å²) >= 11 is 0. The normalized spacial score (nSPS) is 16.8. The minimum absolute atomic E-state index is 0.0534. The fraction of sp³-hybridized carbons (Fsp3) is 0.692. The van der Waals surface area contributed by atoms with E-state index in [9.17, 15) is 14.7 Å². The number of nitrogens with one attached hydrogen (secondary N) is 1. The highest BCUT2D eigenvalue weighted by Gasteiger charge is 2.39. The van der Waals surface area contributed by atoms with Gasteiger partial charge in [0.05, 0.1) is 0 Å². The molecule has 2 N–H and O–H groups in total. The number of carbonyl (C=O) groups is 2. The Morgan fingerprint density at radius 3 is 2.17 bits per heavy atom. The van der Waals surface area contributed by atoms with Crippen molar-refractivity contribution in [3.63, 3.8) is 0 Å². The van der Waals surface area contributed by atoms with Crippen molar-refractivity contribution in [1.82, 2.24) is 5.32 Å². The second kappa shape index (κ2) is 13.6. The smallest absolute Gasteiger partial charge is 0.329 e. The lowest BCUT2D eigenvalue weighted by molar-refractivity contribution is -0.146. The van der Waals surface area contributed by atoms with Crippen LogP contribution >= 0.6 is 0 Å². The monoisotopic (exact) mass is 415 g/mol. The van der Waals surface area contributed by atoms with E-state index in [2.05, 4.69) is 24.4 Å². The molecule has 1 aliphatic carbocycles. The van der Waals surface area contributed by atoms with Crippen LogP contribution in [0.4, 0.5) is 0 Å². The Bertz CT molecular complexity index is 622. The SMILES string of the molecule is CCCCCCCCCCNC(CC=O)(C(=O)O)c1ccc(C2CCCCC2)cc1. The molecule has 0 heterocycles. The number of aliphatic carboxylic acids is 1. The molecule has 0 spiro atoms. The molecule has 1 fully saturated rings. The first-order chi connectivity index (χ1) is 14.6. The summed E-state index contributed by atoms with van der Waals surface area (Å²) in [5.41, 5.74) is 0.654. The summed E-state index contributed by atoms with van der Waals surface area (Å²) in [5.74, 6) is -0.386. The number of carbonyl (C=O) groups excluding carboxylic acids is 1. The van der Waals surface area contributed by atoms with Gasteiger partial charge in [-0.05, 0) is 42.9 Å². The lowest BCUT2D eigenvalue weighted by Gasteiger charge is -2.30. The van der Waals surface area contributed by atoms with Crippen LogP contribution in [0, 0.1) is 0 Å². The molecule has 0 radical (unpaired) electrons. The third-order valence-electron chi connectivity index (χ3n) is 6.69. The maximum absolute atomic E-state index is 12.2. The van der Waals surface area contributed by atoms with Crippen LogP contribution in [0.3, 0.4) is 0 Å². The van der Waals surface area contributed by atoms with Crippen LogP contribution in [-0.4, -0.2) is 23.9 Å². The Hall–Kier alpha value is -1.68. The van der Waals surface area contributed by atoms with Crippen molar-refractivity contribution in [3.8, 4) is 0 Å². The largest absolute Gasteiger partial charge is 0.480 e. The van der Waals surface area contributed by atoms with Gasteiger partial charge in [-0.1, -0.05) is 95.4 Å². The molecule has 1 aliphatic rings. The minimum Gasteiger partial charge on any atom is -0.480 e. The van der Waals surface area contributed by atoms with Gasteiger partial charge in [0.25, 0.3) is 0 Å². The number of rotatable bonds is 15. The molecule has 0 bridgehead atoms. The summed E-state index contributed by atoms with van der Waals surface area (Å²) in [6, 6.07) is 7.99. The van der Waals surface area contributed by atoms with Gasteiger partial charge in [-0.2, -0.15) is 0 Å². The van der Waals surface area contributed by atoms with Gasteiger partial charge in [0.15, 0.2) is 0 Å². The van der Waals surface area contributed by atoms with Crippen LogP contribution in [0.15, 0.2) is 24.3 Å². The summed E-state index contributed by atoms with van der Waals surface area (Å²) in [6.45, 7) is 2.84. The fourth-order valence-electron chi connectivity index (χ4n) is 4.74. The maximum Gasteiger partial charge on any atom is 0.329 e. The zero-order chi connectivity index (χ0) is 21.7. The molecular formula is C26H41NO3. The van der Waals surface area contributed by atoms with Crippen LogP contribution in [-0.2, 0) is 15.1 Å². The molecule has 30 heavy (non-hydrogen) atoms. The predicted octanol–water partition coefficient (Wildman–Crippen LogP) is 6.33. The second-order valence-electron chi connectivity index (χ2n) is 8.94. The first-order valence-electron chi connectivity index (χ1n) is 12.2. The molecule has 1 atom stereocenters. The summed E-state index contributed by atoms with van der Waals surface area (Å²) in [4.78, 5) is 23.6. The van der Waals surface area contributed by atoms with Crippen molar-refractivity contribution in [3.05, 3.63) is 35.4 Å². The molecule has 1 aromatic rings. The van der Waals surface area contributed by atoms with Crippen LogP contribution in [0.1, 0.15) is 114 Å². The molecular weight excluding hydrogens is 374 g/mol. The number of carboxylic acid groups (broad SMARTS) is 1. The number of benzene rings is 1. The van der Waals surface area contributed by atoms with E-state index in [1.54, 1.807) is 0 Å². The van der Waals surface area contributed by atoms with E-state index >= 15 is 0 Å². The number of unbranched alkanes of at least 4 members (excludes halogenated alkanes) is 7. The quantitative estimate of drug-likeness (QED) is 0.259. The lowest BCUT2D eigenvalue weighted by Crippen LogP contribution is -2.50. The first-order valence-corrected chi connectivity index (χ1v) is 12.2. The zero-order valence-electron chi connectivity index (χ0n) is 18.8. The highest BCUT2D eigenvalue weighted by Crippen LogP contribution is 2.34. The maximum atomic E-state index is 12.2. The molecule has 0 aromatic heterocycles. The summed E-state index contributed by atoms with van der Waals surface area (Å²) in [7, 11) is 0. The number of hydrogen-bond donors (Lipinski definition) is 2. The molecule has 1 saturated carbocycles. The zero-order valence-corrected chi connectivity index (χ0v) is 18.8. The van der Waals surface area contributed by atoms with Gasteiger partial charge in [0.2, 0.25) is 0 Å². The average Bonchev–Trinajstić information content (AvgIpc) is 2.78. The van der Waals surface area contributed by atoms with E-state index in [-0.39, 0.29) is 6.42 Å². The molecule has 4 nitrogen and oxygen atoms in total. The Balaban J connectivity index is 1.93. The Morgan fingerprint density at radius 2 is 1.60 bits per heavy atom. The van der Waals surface area contributed by atoms with E-state index < -0.39 is 11.5 Å². The minimum atomic E-state index is -1.33.